The summed E-state index contributed by atoms with van der Waals surface area (Å²) < 4.78 is 29.2. The number of rotatable bonds is 4. The monoisotopic (exact) mass is 385 g/mol. The van der Waals surface area contributed by atoms with Crippen molar-refractivity contribution in [2.45, 2.75) is 38.5 Å². The van der Waals surface area contributed by atoms with Crippen LogP contribution in [0, 0.1) is 6.92 Å². The van der Waals surface area contributed by atoms with E-state index in [0.717, 1.165) is 42.6 Å². The van der Waals surface area contributed by atoms with Crippen molar-refractivity contribution < 1.29 is 8.42 Å². The van der Waals surface area contributed by atoms with Crippen molar-refractivity contribution >= 4 is 10.2 Å². The van der Waals surface area contributed by atoms with Crippen LogP contribution in [0.15, 0.2) is 42.5 Å². The third-order valence-corrected chi connectivity index (χ3v) is 7.60. The molecule has 6 heteroatoms. The minimum absolute atomic E-state index is 0.151. The summed E-state index contributed by atoms with van der Waals surface area (Å²) in [5.41, 5.74) is 4.31. The van der Waals surface area contributed by atoms with Crippen LogP contribution in [-0.2, 0) is 10.2 Å². The standard InChI is InChI=1S/C21H27N3O2S/c1-17-14-20(18-8-3-2-4-9-18)15-21(22-17)19-10-7-13-24(16-19)27(25,26)23-11-5-6-12-23/h2-4,8-9,14-15,19H,5-7,10-13,16H2,1H3/t19-/m1/s1. The Kier molecular flexibility index (Phi) is 5.30. The first-order chi connectivity index (χ1) is 13.0. The topological polar surface area (TPSA) is 53.5 Å². The predicted octanol–water partition coefficient (Wildman–Crippen LogP) is 3.58. The number of aromatic nitrogens is 1. The lowest BCUT2D eigenvalue weighted by atomic mass is 9.93. The first kappa shape index (κ1) is 18.6. The van der Waals surface area contributed by atoms with E-state index in [1.165, 1.54) is 5.56 Å². The molecule has 0 amide bonds. The Balaban J connectivity index is 1.59. The van der Waals surface area contributed by atoms with Gasteiger partial charge in [-0.2, -0.15) is 17.0 Å². The zero-order chi connectivity index (χ0) is 18.9. The molecule has 2 aliphatic rings. The second-order valence-electron chi connectivity index (χ2n) is 7.60. The summed E-state index contributed by atoms with van der Waals surface area (Å²) in [5.74, 6) is 0.151. The average molecular weight is 386 g/mol. The summed E-state index contributed by atoms with van der Waals surface area (Å²) in [5, 5.41) is 0. The Bertz CT molecular complexity index is 893. The number of benzene rings is 1. The molecular weight excluding hydrogens is 358 g/mol. The van der Waals surface area contributed by atoms with E-state index in [1.807, 2.05) is 25.1 Å². The third-order valence-electron chi connectivity index (χ3n) is 5.60. The molecule has 2 fully saturated rings. The molecule has 0 spiro atoms. The van der Waals surface area contributed by atoms with Crippen LogP contribution in [0.4, 0.5) is 0 Å². The van der Waals surface area contributed by atoms with E-state index in [4.69, 9.17) is 4.98 Å². The fourth-order valence-corrected chi connectivity index (χ4v) is 5.95. The summed E-state index contributed by atoms with van der Waals surface area (Å²) in [7, 11) is -3.34. The highest BCUT2D eigenvalue weighted by molar-refractivity contribution is 7.86. The van der Waals surface area contributed by atoms with Crippen molar-refractivity contribution in [2.75, 3.05) is 26.2 Å². The maximum Gasteiger partial charge on any atom is 0.281 e. The van der Waals surface area contributed by atoms with Crippen molar-refractivity contribution in [1.29, 1.82) is 0 Å². The van der Waals surface area contributed by atoms with Crippen LogP contribution in [-0.4, -0.2) is 48.2 Å². The highest BCUT2D eigenvalue weighted by atomic mass is 32.2. The zero-order valence-electron chi connectivity index (χ0n) is 15.8. The molecular formula is C21H27N3O2S. The number of aryl methyl sites for hydroxylation is 1. The number of nitrogens with zero attached hydrogens (tertiary/aromatic N) is 3. The van der Waals surface area contributed by atoms with E-state index < -0.39 is 10.2 Å². The molecule has 1 atom stereocenters. The van der Waals surface area contributed by atoms with Crippen LogP contribution < -0.4 is 0 Å². The van der Waals surface area contributed by atoms with Crippen molar-refractivity contribution in [1.82, 2.24) is 13.6 Å². The molecule has 0 radical (unpaired) electrons. The summed E-state index contributed by atoms with van der Waals surface area (Å²) in [6.07, 6.45) is 3.80. The summed E-state index contributed by atoms with van der Waals surface area (Å²) in [4.78, 5) is 4.76. The Morgan fingerprint density at radius 2 is 1.63 bits per heavy atom. The van der Waals surface area contributed by atoms with Gasteiger partial charge in [0.1, 0.15) is 0 Å². The lowest BCUT2D eigenvalue weighted by Crippen LogP contribution is -2.46. The van der Waals surface area contributed by atoms with Gasteiger partial charge in [0.25, 0.3) is 10.2 Å². The number of hydrogen-bond acceptors (Lipinski definition) is 3. The molecule has 0 aliphatic carbocycles. The number of piperidine rings is 1. The van der Waals surface area contributed by atoms with Crippen LogP contribution in [0.3, 0.4) is 0 Å². The largest absolute Gasteiger partial charge is 0.281 e. The van der Waals surface area contributed by atoms with E-state index in [2.05, 4.69) is 24.3 Å². The smallest absolute Gasteiger partial charge is 0.258 e. The van der Waals surface area contributed by atoms with E-state index in [0.29, 0.717) is 26.2 Å². The second-order valence-corrected chi connectivity index (χ2v) is 9.53. The third kappa shape index (κ3) is 3.93. The molecule has 0 unspecified atom stereocenters. The van der Waals surface area contributed by atoms with Gasteiger partial charge in [-0.15, -0.1) is 0 Å². The van der Waals surface area contributed by atoms with Gasteiger partial charge in [-0.1, -0.05) is 30.3 Å². The fourth-order valence-electron chi connectivity index (χ4n) is 4.18. The highest BCUT2D eigenvalue weighted by Crippen LogP contribution is 2.31. The normalized spacial score (nSPS) is 22.2. The molecule has 0 N–H and O–H groups in total. The minimum atomic E-state index is -3.34. The van der Waals surface area contributed by atoms with Crippen LogP contribution in [0.5, 0.6) is 0 Å². The van der Waals surface area contributed by atoms with Gasteiger partial charge in [-0.05, 0) is 55.9 Å². The highest BCUT2D eigenvalue weighted by Gasteiger charge is 2.35. The van der Waals surface area contributed by atoms with Gasteiger partial charge in [-0.25, -0.2) is 0 Å². The van der Waals surface area contributed by atoms with Crippen molar-refractivity contribution in [2.24, 2.45) is 0 Å². The summed E-state index contributed by atoms with van der Waals surface area (Å²) in [6.45, 7) is 4.47. The summed E-state index contributed by atoms with van der Waals surface area (Å²) >= 11 is 0. The SMILES string of the molecule is Cc1cc(-c2ccccc2)cc([C@@H]2CCCN(S(=O)(=O)N3CCCC3)C2)n1. The number of pyridine rings is 1. The van der Waals surface area contributed by atoms with Crippen molar-refractivity contribution in [3.63, 3.8) is 0 Å². The van der Waals surface area contributed by atoms with Crippen molar-refractivity contribution in [3.05, 3.63) is 53.9 Å². The molecule has 144 valence electrons. The maximum absolute atomic E-state index is 13.0. The quantitative estimate of drug-likeness (QED) is 0.808. The number of hydrogen-bond donors (Lipinski definition) is 0. The molecule has 1 aromatic carbocycles. The molecule has 2 saturated heterocycles. The lowest BCUT2D eigenvalue weighted by Gasteiger charge is -2.34. The Hall–Kier alpha value is -1.76. The Morgan fingerprint density at radius 1 is 0.926 bits per heavy atom. The van der Waals surface area contributed by atoms with Crippen LogP contribution in [0.2, 0.25) is 0 Å². The first-order valence-electron chi connectivity index (χ1n) is 9.83. The fraction of sp³-hybridized carbons (Fsp3) is 0.476. The van der Waals surface area contributed by atoms with Crippen molar-refractivity contribution in [3.8, 4) is 11.1 Å². The van der Waals surface area contributed by atoms with Gasteiger partial charge < -0.3 is 0 Å². The second kappa shape index (κ2) is 7.70. The molecule has 0 bridgehead atoms. The van der Waals surface area contributed by atoms with E-state index in [-0.39, 0.29) is 5.92 Å². The first-order valence-corrected chi connectivity index (χ1v) is 11.2. The molecule has 1 aromatic heterocycles. The van der Waals surface area contributed by atoms with Crippen LogP contribution in [0.25, 0.3) is 11.1 Å². The van der Waals surface area contributed by atoms with Gasteiger partial charge in [0.15, 0.2) is 0 Å². The maximum atomic E-state index is 13.0. The van der Waals surface area contributed by atoms with E-state index >= 15 is 0 Å². The zero-order valence-corrected chi connectivity index (χ0v) is 16.7. The van der Waals surface area contributed by atoms with Crippen LogP contribution >= 0.6 is 0 Å². The van der Waals surface area contributed by atoms with Gasteiger partial charge in [0, 0.05) is 43.5 Å². The summed E-state index contributed by atoms with van der Waals surface area (Å²) in [6, 6.07) is 14.5. The van der Waals surface area contributed by atoms with E-state index in [9.17, 15) is 8.42 Å². The minimum Gasteiger partial charge on any atom is -0.258 e. The molecule has 27 heavy (non-hydrogen) atoms. The van der Waals surface area contributed by atoms with Gasteiger partial charge in [0.05, 0.1) is 0 Å². The molecule has 2 aliphatic heterocycles. The van der Waals surface area contributed by atoms with E-state index in [1.54, 1.807) is 8.61 Å². The predicted molar refractivity (Wildman–Crippen MR) is 108 cm³/mol. The van der Waals surface area contributed by atoms with Gasteiger partial charge in [-0.3, -0.25) is 4.98 Å². The average Bonchev–Trinajstić information content (AvgIpc) is 3.24. The van der Waals surface area contributed by atoms with Gasteiger partial charge >= 0.3 is 0 Å². The molecule has 4 rings (SSSR count). The molecule has 2 aromatic rings. The van der Waals surface area contributed by atoms with Crippen LogP contribution in [0.1, 0.15) is 43.0 Å². The molecule has 5 nitrogen and oxygen atoms in total. The van der Waals surface area contributed by atoms with Gasteiger partial charge in [0.2, 0.25) is 0 Å². The molecule has 0 saturated carbocycles. The Morgan fingerprint density at radius 3 is 2.37 bits per heavy atom. The lowest BCUT2D eigenvalue weighted by molar-refractivity contribution is 0.290. The Labute approximate surface area is 162 Å². The molecule has 3 heterocycles.